The van der Waals surface area contributed by atoms with Gasteiger partial charge in [-0.2, -0.15) is 0 Å². The Labute approximate surface area is 131 Å². The Kier molecular flexibility index (Phi) is 3.90. The Balaban J connectivity index is 1.97. The zero-order valence-electron chi connectivity index (χ0n) is 11.5. The highest BCUT2D eigenvalue weighted by atomic mass is 79.9. The fourth-order valence-electron chi connectivity index (χ4n) is 2.18. The van der Waals surface area contributed by atoms with Crippen LogP contribution in [0.5, 0.6) is 11.6 Å². The summed E-state index contributed by atoms with van der Waals surface area (Å²) >= 11 is 3.46. The van der Waals surface area contributed by atoms with Crippen LogP contribution in [0.1, 0.15) is 18.6 Å². The number of fused-ring (bicyclic) bond motifs is 1. The van der Waals surface area contributed by atoms with Crippen molar-refractivity contribution < 1.29 is 9.84 Å². The quantitative estimate of drug-likeness (QED) is 0.739. The van der Waals surface area contributed by atoms with Crippen molar-refractivity contribution in [3.05, 3.63) is 64.8 Å². The second-order valence-corrected chi connectivity index (χ2v) is 5.74. The maximum Gasteiger partial charge on any atom is 0.225 e. The van der Waals surface area contributed by atoms with E-state index in [9.17, 15) is 5.11 Å². The summed E-state index contributed by atoms with van der Waals surface area (Å²) in [5.74, 6) is 1.13. The van der Waals surface area contributed by atoms with Gasteiger partial charge in [-0.05, 0) is 54.1 Å². The molecule has 3 aromatic rings. The van der Waals surface area contributed by atoms with Gasteiger partial charge in [0.1, 0.15) is 5.75 Å². The summed E-state index contributed by atoms with van der Waals surface area (Å²) in [6.07, 6.45) is 1.03. The molecule has 21 heavy (non-hydrogen) atoms. The van der Waals surface area contributed by atoms with E-state index in [2.05, 4.69) is 27.0 Å². The van der Waals surface area contributed by atoms with E-state index in [0.29, 0.717) is 17.2 Å². The van der Waals surface area contributed by atoms with Crippen LogP contribution in [0, 0.1) is 0 Å². The molecule has 0 amide bonds. The van der Waals surface area contributed by atoms with Crippen LogP contribution in [0.3, 0.4) is 0 Å². The van der Waals surface area contributed by atoms with E-state index in [1.54, 1.807) is 19.2 Å². The summed E-state index contributed by atoms with van der Waals surface area (Å²) < 4.78 is 6.87. The van der Waals surface area contributed by atoms with Crippen LogP contribution in [-0.2, 0) is 0 Å². The third kappa shape index (κ3) is 3.06. The lowest BCUT2D eigenvalue weighted by Gasteiger charge is -2.12. The van der Waals surface area contributed by atoms with Crippen molar-refractivity contribution in [3.8, 4) is 11.6 Å². The molecule has 2 aromatic carbocycles. The Bertz CT molecular complexity index is 787. The average Bonchev–Trinajstić information content (AvgIpc) is 2.48. The first-order valence-electron chi connectivity index (χ1n) is 6.63. The first-order chi connectivity index (χ1) is 10.1. The first kappa shape index (κ1) is 14.0. The zero-order valence-corrected chi connectivity index (χ0v) is 13.0. The van der Waals surface area contributed by atoms with Crippen molar-refractivity contribution in [1.82, 2.24) is 4.98 Å². The number of aliphatic hydroxyl groups excluding tert-OH is 1. The van der Waals surface area contributed by atoms with Gasteiger partial charge >= 0.3 is 0 Å². The number of hydrogen-bond acceptors (Lipinski definition) is 3. The van der Waals surface area contributed by atoms with Crippen LogP contribution < -0.4 is 4.74 Å². The minimum absolute atomic E-state index is 0.434. The fourth-order valence-corrected chi connectivity index (χ4v) is 2.56. The lowest BCUT2D eigenvalue weighted by molar-refractivity contribution is 0.194. The molecular weight excluding hydrogens is 330 g/mol. The molecule has 0 unspecified atom stereocenters. The maximum absolute atomic E-state index is 9.76. The second-order valence-electron chi connectivity index (χ2n) is 4.83. The zero-order chi connectivity index (χ0) is 14.8. The third-order valence-electron chi connectivity index (χ3n) is 3.24. The molecule has 0 aliphatic carbocycles. The third-order valence-corrected chi connectivity index (χ3v) is 3.73. The van der Waals surface area contributed by atoms with Gasteiger partial charge < -0.3 is 9.84 Å². The standard InChI is InChI=1S/C17H14BrNO2/c1-11(20)16-3-2-8-19-17(16)21-15-7-5-12-9-14(18)6-4-13(12)10-15/h2-11,20H,1H3/t11-/m1/s1. The predicted molar refractivity (Wildman–Crippen MR) is 86.6 cm³/mol. The minimum atomic E-state index is -0.620. The molecule has 0 fully saturated rings. The largest absolute Gasteiger partial charge is 0.439 e. The molecule has 0 saturated heterocycles. The smallest absolute Gasteiger partial charge is 0.225 e. The highest BCUT2D eigenvalue weighted by molar-refractivity contribution is 9.10. The van der Waals surface area contributed by atoms with Gasteiger partial charge in [-0.3, -0.25) is 0 Å². The summed E-state index contributed by atoms with van der Waals surface area (Å²) in [6.45, 7) is 1.70. The van der Waals surface area contributed by atoms with Gasteiger partial charge in [0.2, 0.25) is 5.88 Å². The lowest BCUT2D eigenvalue weighted by atomic mass is 10.1. The van der Waals surface area contributed by atoms with Gasteiger partial charge in [-0.25, -0.2) is 4.98 Å². The minimum Gasteiger partial charge on any atom is -0.439 e. The molecule has 3 nitrogen and oxygen atoms in total. The van der Waals surface area contributed by atoms with Crippen LogP contribution in [0.4, 0.5) is 0 Å². The molecule has 3 rings (SSSR count). The number of rotatable bonds is 3. The van der Waals surface area contributed by atoms with Crippen LogP contribution >= 0.6 is 15.9 Å². The summed E-state index contributed by atoms with van der Waals surface area (Å²) in [5, 5.41) is 12.0. The van der Waals surface area contributed by atoms with Crippen LogP contribution in [0.2, 0.25) is 0 Å². The highest BCUT2D eigenvalue weighted by Crippen LogP contribution is 2.30. The maximum atomic E-state index is 9.76. The number of ether oxygens (including phenoxy) is 1. The van der Waals surface area contributed by atoms with Crippen molar-refractivity contribution in [2.24, 2.45) is 0 Å². The molecule has 0 saturated carbocycles. The van der Waals surface area contributed by atoms with Gasteiger partial charge in [0, 0.05) is 16.2 Å². The SMILES string of the molecule is C[C@@H](O)c1cccnc1Oc1ccc2cc(Br)ccc2c1. The molecule has 106 valence electrons. The van der Waals surface area contributed by atoms with E-state index < -0.39 is 6.10 Å². The molecule has 1 aromatic heterocycles. The second kappa shape index (κ2) is 5.84. The molecule has 0 radical (unpaired) electrons. The summed E-state index contributed by atoms with van der Waals surface area (Å²) in [5.41, 5.74) is 0.674. The van der Waals surface area contributed by atoms with E-state index in [1.807, 2.05) is 36.4 Å². The molecule has 0 spiro atoms. The van der Waals surface area contributed by atoms with Crippen molar-refractivity contribution >= 4 is 26.7 Å². The molecule has 0 aliphatic heterocycles. The van der Waals surface area contributed by atoms with Gasteiger partial charge in [-0.15, -0.1) is 0 Å². The predicted octanol–water partition coefficient (Wildman–Crippen LogP) is 4.84. The Morgan fingerprint density at radius 3 is 2.67 bits per heavy atom. The number of aromatic nitrogens is 1. The van der Waals surface area contributed by atoms with E-state index >= 15 is 0 Å². The van der Waals surface area contributed by atoms with Gasteiger partial charge in [0.15, 0.2) is 0 Å². The van der Waals surface area contributed by atoms with Crippen molar-refractivity contribution in [2.75, 3.05) is 0 Å². The van der Waals surface area contributed by atoms with E-state index in [4.69, 9.17) is 4.74 Å². The fraction of sp³-hybridized carbons (Fsp3) is 0.118. The summed E-state index contributed by atoms with van der Waals surface area (Å²) in [4.78, 5) is 4.20. The molecule has 1 N–H and O–H groups in total. The number of pyridine rings is 1. The van der Waals surface area contributed by atoms with Gasteiger partial charge in [0.05, 0.1) is 6.10 Å². The number of benzene rings is 2. The van der Waals surface area contributed by atoms with Gasteiger partial charge in [-0.1, -0.05) is 28.1 Å². The molecule has 0 aliphatic rings. The van der Waals surface area contributed by atoms with Crippen LogP contribution in [0.25, 0.3) is 10.8 Å². The molecule has 1 heterocycles. The number of aliphatic hydroxyl groups is 1. The van der Waals surface area contributed by atoms with Crippen molar-refractivity contribution in [2.45, 2.75) is 13.0 Å². The number of nitrogens with zero attached hydrogens (tertiary/aromatic N) is 1. The summed E-state index contributed by atoms with van der Waals surface area (Å²) in [6, 6.07) is 15.5. The molecule has 0 bridgehead atoms. The van der Waals surface area contributed by atoms with E-state index in [-0.39, 0.29) is 0 Å². The highest BCUT2D eigenvalue weighted by Gasteiger charge is 2.11. The van der Waals surface area contributed by atoms with Crippen molar-refractivity contribution in [1.29, 1.82) is 0 Å². The first-order valence-corrected chi connectivity index (χ1v) is 7.43. The molecular formula is C17H14BrNO2. The van der Waals surface area contributed by atoms with Gasteiger partial charge in [0.25, 0.3) is 0 Å². The lowest BCUT2D eigenvalue weighted by Crippen LogP contribution is -1.98. The summed E-state index contributed by atoms with van der Waals surface area (Å²) in [7, 11) is 0. The van der Waals surface area contributed by atoms with E-state index in [0.717, 1.165) is 15.2 Å². The molecule has 4 heteroatoms. The Morgan fingerprint density at radius 2 is 1.86 bits per heavy atom. The topological polar surface area (TPSA) is 42.4 Å². The number of hydrogen-bond donors (Lipinski definition) is 1. The van der Waals surface area contributed by atoms with E-state index in [1.165, 1.54) is 0 Å². The monoisotopic (exact) mass is 343 g/mol. The Morgan fingerprint density at radius 1 is 1.10 bits per heavy atom. The average molecular weight is 344 g/mol. The van der Waals surface area contributed by atoms with Crippen molar-refractivity contribution in [3.63, 3.8) is 0 Å². The van der Waals surface area contributed by atoms with Crippen LogP contribution in [-0.4, -0.2) is 10.1 Å². The number of halogens is 1. The van der Waals surface area contributed by atoms with Crippen LogP contribution in [0.15, 0.2) is 59.2 Å². The molecule has 1 atom stereocenters. The Hall–Kier alpha value is -1.91. The normalized spacial score (nSPS) is 12.3.